The van der Waals surface area contributed by atoms with E-state index in [2.05, 4.69) is 5.32 Å². The molecule has 27 heavy (non-hydrogen) atoms. The zero-order valence-electron chi connectivity index (χ0n) is 14.0. The smallest absolute Gasteiger partial charge is 0.350 e. The fraction of sp³-hybridized carbons (Fsp3) is 0.158. The number of ether oxygens (including phenoxy) is 2. The molecule has 0 aliphatic heterocycles. The predicted molar refractivity (Wildman–Crippen MR) is 102 cm³/mol. The van der Waals surface area contributed by atoms with Crippen molar-refractivity contribution in [2.75, 3.05) is 19.8 Å². The number of carbonyl (C=O) groups is 2. The van der Waals surface area contributed by atoms with E-state index >= 15 is 0 Å². The molecule has 8 heteroatoms. The lowest BCUT2D eigenvalue weighted by atomic mass is 10.2. The van der Waals surface area contributed by atoms with E-state index in [4.69, 9.17) is 21.1 Å². The summed E-state index contributed by atoms with van der Waals surface area (Å²) >= 11 is 7.17. The Morgan fingerprint density at radius 3 is 2.70 bits per heavy atom. The predicted octanol–water partition coefficient (Wildman–Crippen LogP) is 4.05. The fourth-order valence-electron chi connectivity index (χ4n) is 2.29. The van der Waals surface area contributed by atoms with Gasteiger partial charge in [0.05, 0.1) is 11.6 Å². The fourth-order valence-corrected chi connectivity index (χ4v) is 3.72. The molecule has 0 aliphatic rings. The third kappa shape index (κ3) is 4.96. The molecule has 0 radical (unpaired) electrons. The topological polar surface area (TPSA) is 64.6 Å². The van der Waals surface area contributed by atoms with E-state index in [1.807, 2.05) is 30.3 Å². The van der Waals surface area contributed by atoms with Gasteiger partial charge in [-0.25, -0.2) is 9.18 Å². The van der Waals surface area contributed by atoms with Gasteiger partial charge in [0, 0.05) is 10.1 Å². The van der Waals surface area contributed by atoms with Crippen molar-refractivity contribution in [3.05, 3.63) is 64.2 Å². The molecule has 0 aliphatic carbocycles. The van der Waals surface area contributed by atoms with Gasteiger partial charge in [-0.1, -0.05) is 29.8 Å². The monoisotopic (exact) mass is 407 g/mol. The first-order valence-corrected chi connectivity index (χ1v) is 9.23. The molecule has 0 atom stereocenters. The van der Waals surface area contributed by atoms with Gasteiger partial charge in [-0.3, -0.25) is 4.79 Å². The van der Waals surface area contributed by atoms with Gasteiger partial charge in [0.25, 0.3) is 5.91 Å². The molecule has 0 spiro atoms. The Balaban J connectivity index is 1.46. The summed E-state index contributed by atoms with van der Waals surface area (Å²) in [4.78, 5) is 24.1. The van der Waals surface area contributed by atoms with Gasteiger partial charge < -0.3 is 14.8 Å². The molecule has 0 fully saturated rings. The largest absolute Gasteiger partial charge is 0.492 e. The molecular formula is C19H15ClFNO4S. The molecule has 2 aromatic carbocycles. The minimum absolute atomic E-state index is 0.137. The Morgan fingerprint density at radius 2 is 1.93 bits per heavy atom. The molecule has 1 amide bonds. The van der Waals surface area contributed by atoms with E-state index in [1.165, 1.54) is 18.2 Å². The second-order valence-electron chi connectivity index (χ2n) is 5.47. The first-order valence-electron chi connectivity index (χ1n) is 8.04. The Labute approximate surface area is 163 Å². The summed E-state index contributed by atoms with van der Waals surface area (Å²) in [5, 5.41) is 3.35. The van der Waals surface area contributed by atoms with Crippen LogP contribution >= 0.6 is 22.9 Å². The first-order chi connectivity index (χ1) is 13.0. The normalized spacial score (nSPS) is 10.6. The molecule has 3 rings (SSSR count). The highest BCUT2D eigenvalue weighted by Crippen LogP contribution is 2.36. The van der Waals surface area contributed by atoms with Crippen LogP contribution in [0.15, 0.2) is 48.5 Å². The molecule has 0 unspecified atom stereocenters. The number of hydrogen-bond donors (Lipinski definition) is 1. The van der Waals surface area contributed by atoms with Crippen molar-refractivity contribution in [1.82, 2.24) is 5.32 Å². The lowest BCUT2D eigenvalue weighted by molar-refractivity contribution is -0.124. The van der Waals surface area contributed by atoms with Crippen molar-refractivity contribution in [3.8, 4) is 5.75 Å². The van der Waals surface area contributed by atoms with Crippen molar-refractivity contribution in [3.63, 3.8) is 0 Å². The first kappa shape index (κ1) is 19.1. The van der Waals surface area contributed by atoms with Crippen LogP contribution in [-0.4, -0.2) is 31.6 Å². The Morgan fingerprint density at radius 1 is 1.15 bits per heavy atom. The quantitative estimate of drug-likeness (QED) is 0.474. The molecule has 1 N–H and O–H groups in total. The number of rotatable bonds is 7. The SMILES string of the molecule is O=C(COC(=O)c1sc2cc(F)ccc2c1Cl)NCCOc1ccccc1. The zero-order valence-corrected chi connectivity index (χ0v) is 15.6. The molecule has 5 nitrogen and oxygen atoms in total. The van der Waals surface area contributed by atoms with Crippen LogP contribution < -0.4 is 10.1 Å². The highest BCUT2D eigenvalue weighted by molar-refractivity contribution is 7.21. The third-order valence-corrected chi connectivity index (χ3v) is 5.18. The molecule has 0 saturated carbocycles. The molecule has 3 aromatic rings. The number of para-hydroxylation sites is 1. The van der Waals surface area contributed by atoms with Crippen LogP contribution in [0.1, 0.15) is 9.67 Å². The maximum absolute atomic E-state index is 13.3. The molecule has 0 bridgehead atoms. The maximum Gasteiger partial charge on any atom is 0.350 e. The zero-order chi connectivity index (χ0) is 19.2. The summed E-state index contributed by atoms with van der Waals surface area (Å²) in [5.41, 5.74) is 0. The van der Waals surface area contributed by atoms with Crippen molar-refractivity contribution >= 4 is 44.9 Å². The second-order valence-corrected chi connectivity index (χ2v) is 6.90. The van der Waals surface area contributed by atoms with Crippen LogP contribution in [0.4, 0.5) is 4.39 Å². The van der Waals surface area contributed by atoms with Gasteiger partial charge in [0.2, 0.25) is 0 Å². The number of hydrogen-bond acceptors (Lipinski definition) is 5. The number of nitrogens with one attached hydrogen (secondary N) is 1. The van der Waals surface area contributed by atoms with Crippen LogP contribution in [0.2, 0.25) is 5.02 Å². The molecule has 0 saturated heterocycles. The van der Waals surface area contributed by atoms with Gasteiger partial charge in [0.1, 0.15) is 23.1 Å². The van der Waals surface area contributed by atoms with E-state index in [0.29, 0.717) is 15.8 Å². The van der Waals surface area contributed by atoms with Crippen LogP contribution in [0.3, 0.4) is 0 Å². The number of carbonyl (C=O) groups excluding carboxylic acids is 2. The summed E-state index contributed by atoms with van der Waals surface area (Å²) < 4.78 is 24.2. The van der Waals surface area contributed by atoms with Gasteiger partial charge in [-0.2, -0.15) is 0 Å². The molecular weight excluding hydrogens is 393 g/mol. The van der Waals surface area contributed by atoms with Crippen molar-refractivity contribution in [2.45, 2.75) is 0 Å². The van der Waals surface area contributed by atoms with E-state index < -0.39 is 24.3 Å². The highest BCUT2D eigenvalue weighted by Gasteiger charge is 2.19. The van der Waals surface area contributed by atoms with Crippen molar-refractivity contribution < 1.29 is 23.5 Å². The van der Waals surface area contributed by atoms with E-state index in [0.717, 1.165) is 11.3 Å². The van der Waals surface area contributed by atoms with Crippen molar-refractivity contribution in [2.24, 2.45) is 0 Å². The number of benzene rings is 2. The molecule has 1 heterocycles. The second kappa shape index (κ2) is 8.83. The summed E-state index contributed by atoms with van der Waals surface area (Å²) in [7, 11) is 0. The minimum atomic E-state index is -0.725. The lowest BCUT2D eigenvalue weighted by Gasteiger charge is -2.08. The van der Waals surface area contributed by atoms with E-state index in [9.17, 15) is 14.0 Å². The Bertz CT molecular complexity index is 961. The highest BCUT2D eigenvalue weighted by atomic mass is 35.5. The summed E-state index contributed by atoms with van der Waals surface area (Å²) in [6.07, 6.45) is 0. The molecule has 1 aromatic heterocycles. The maximum atomic E-state index is 13.3. The van der Waals surface area contributed by atoms with Gasteiger partial charge in [-0.05, 0) is 30.3 Å². The van der Waals surface area contributed by atoms with Crippen LogP contribution in [0.25, 0.3) is 10.1 Å². The van der Waals surface area contributed by atoms with E-state index in [-0.39, 0.29) is 23.1 Å². The third-order valence-electron chi connectivity index (χ3n) is 3.55. The number of thiophene rings is 1. The van der Waals surface area contributed by atoms with Gasteiger partial charge in [-0.15, -0.1) is 11.3 Å². The summed E-state index contributed by atoms with van der Waals surface area (Å²) in [6, 6.07) is 13.3. The Kier molecular flexibility index (Phi) is 6.26. The van der Waals surface area contributed by atoms with Crippen LogP contribution in [0.5, 0.6) is 5.75 Å². The van der Waals surface area contributed by atoms with Crippen LogP contribution in [0, 0.1) is 5.82 Å². The molecule has 140 valence electrons. The van der Waals surface area contributed by atoms with Gasteiger partial charge in [0.15, 0.2) is 6.61 Å². The van der Waals surface area contributed by atoms with E-state index in [1.54, 1.807) is 0 Å². The number of amides is 1. The average Bonchev–Trinajstić information content (AvgIpc) is 3.00. The van der Waals surface area contributed by atoms with Crippen molar-refractivity contribution in [1.29, 1.82) is 0 Å². The minimum Gasteiger partial charge on any atom is -0.492 e. The van der Waals surface area contributed by atoms with Gasteiger partial charge >= 0.3 is 5.97 Å². The summed E-state index contributed by atoms with van der Waals surface area (Å²) in [6.45, 7) is 0.120. The average molecular weight is 408 g/mol. The number of halogens is 2. The standard InChI is InChI=1S/C19H15ClFNO4S/c20-17-14-7-6-12(21)10-15(14)27-18(17)19(24)26-11-16(23)22-8-9-25-13-4-2-1-3-5-13/h1-7,10H,8-9,11H2,(H,22,23). The van der Waals surface area contributed by atoms with Crippen LogP contribution in [-0.2, 0) is 9.53 Å². The summed E-state index contributed by atoms with van der Waals surface area (Å²) in [5.74, 6) is -0.896. The lowest BCUT2D eigenvalue weighted by Crippen LogP contribution is -2.32. The number of fused-ring (bicyclic) bond motifs is 1. The number of esters is 1. The Hall–Kier alpha value is -2.64.